The molecule has 5 heteroatoms. The molecular formula is C16H21ClN2O2. The van der Waals surface area contributed by atoms with Crippen LogP contribution in [0.25, 0.3) is 0 Å². The zero-order chi connectivity index (χ0) is 14.9. The second-order valence-electron chi connectivity index (χ2n) is 6.55. The third kappa shape index (κ3) is 3.15. The highest BCUT2D eigenvalue weighted by Gasteiger charge is 2.37. The van der Waals surface area contributed by atoms with Gasteiger partial charge in [-0.05, 0) is 56.1 Å². The number of nitrogens with zero attached hydrogens (tertiary/aromatic N) is 1. The fourth-order valence-corrected chi connectivity index (χ4v) is 4.16. The Hall–Kier alpha value is -1.29. The molecule has 1 aromatic carbocycles. The van der Waals surface area contributed by atoms with Crippen LogP contribution in [0.3, 0.4) is 0 Å². The van der Waals surface area contributed by atoms with E-state index in [9.17, 15) is 10.1 Å². The van der Waals surface area contributed by atoms with E-state index < -0.39 is 4.92 Å². The Morgan fingerprint density at radius 3 is 2.48 bits per heavy atom. The first-order valence-electron chi connectivity index (χ1n) is 7.79. The van der Waals surface area contributed by atoms with E-state index in [0.29, 0.717) is 11.5 Å². The van der Waals surface area contributed by atoms with Gasteiger partial charge in [-0.15, -0.1) is 0 Å². The average molecular weight is 309 g/mol. The van der Waals surface area contributed by atoms with Crippen molar-refractivity contribution in [3.63, 3.8) is 0 Å². The van der Waals surface area contributed by atoms with Crippen LogP contribution in [0.5, 0.6) is 0 Å². The molecule has 0 unspecified atom stereocenters. The Morgan fingerprint density at radius 1 is 1.19 bits per heavy atom. The monoisotopic (exact) mass is 308 g/mol. The largest absolute Gasteiger partial charge is 0.382 e. The predicted octanol–water partition coefficient (Wildman–Crippen LogP) is 5.16. The van der Waals surface area contributed by atoms with E-state index >= 15 is 0 Å². The fraction of sp³-hybridized carbons (Fsp3) is 0.625. The highest BCUT2D eigenvalue weighted by atomic mass is 35.5. The number of halogens is 1. The molecule has 2 aliphatic carbocycles. The first kappa shape index (κ1) is 14.6. The molecule has 3 rings (SSSR count). The molecule has 0 aromatic heterocycles. The Kier molecular flexibility index (Phi) is 4.07. The summed E-state index contributed by atoms with van der Waals surface area (Å²) in [6, 6.07) is 5.40. The quantitative estimate of drug-likeness (QED) is 0.619. The van der Waals surface area contributed by atoms with E-state index in [4.69, 9.17) is 11.6 Å². The molecule has 2 saturated carbocycles. The lowest BCUT2D eigenvalue weighted by Gasteiger charge is -2.37. The first-order chi connectivity index (χ1) is 10.1. The highest BCUT2D eigenvalue weighted by molar-refractivity contribution is 6.32. The van der Waals surface area contributed by atoms with Gasteiger partial charge in [-0.25, -0.2) is 0 Å². The van der Waals surface area contributed by atoms with Gasteiger partial charge in [0, 0.05) is 17.8 Å². The molecule has 0 saturated heterocycles. The van der Waals surface area contributed by atoms with Crippen molar-refractivity contribution in [3.05, 3.63) is 33.3 Å². The molecule has 1 N–H and O–H groups in total. The van der Waals surface area contributed by atoms with E-state index in [2.05, 4.69) is 5.32 Å². The van der Waals surface area contributed by atoms with Crippen LogP contribution in [0.1, 0.15) is 51.4 Å². The lowest BCUT2D eigenvalue weighted by atomic mass is 9.71. The van der Waals surface area contributed by atoms with Crippen LogP contribution in [-0.4, -0.2) is 11.0 Å². The van der Waals surface area contributed by atoms with Crippen molar-refractivity contribution < 1.29 is 4.92 Å². The van der Waals surface area contributed by atoms with Crippen molar-refractivity contribution in [1.29, 1.82) is 0 Å². The maximum Gasteiger partial charge on any atom is 0.289 e. The molecule has 0 amide bonds. The Bertz CT molecular complexity index is 531. The minimum atomic E-state index is -0.429. The van der Waals surface area contributed by atoms with Crippen molar-refractivity contribution in [1.82, 2.24) is 0 Å². The molecule has 0 bridgehead atoms. The maximum atomic E-state index is 10.9. The summed E-state index contributed by atoms with van der Waals surface area (Å²) >= 11 is 5.85. The number of anilines is 1. The smallest absolute Gasteiger partial charge is 0.289 e. The number of rotatable bonds is 3. The van der Waals surface area contributed by atoms with Gasteiger partial charge in [-0.2, -0.15) is 0 Å². The van der Waals surface area contributed by atoms with Gasteiger partial charge in [0.1, 0.15) is 5.02 Å². The van der Waals surface area contributed by atoms with Crippen molar-refractivity contribution in [3.8, 4) is 0 Å². The standard InChI is InChI=1S/C16H21ClN2O2/c17-14-4-3-13(11-15(14)19(20)21)18-12-5-9-16(10-6-12)7-1-2-8-16/h3-4,11-12,18H,1-2,5-10H2. The lowest BCUT2D eigenvalue weighted by Crippen LogP contribution is -2.31. The third-order valence-corrected chi connectivity index (χ3v) is 5.54. The van der Waals surface area contributed by atoms with Crippen molar-refractivity contribution in [2.45, 2.75) is 57.4 Å². The normalized spacial score (nSPS) is 21.6. The molecule has 4 nitrogen and oxygen atoms in total. The predicted molar refractivity (Wildman–Crippen MR) is 84.9 cm³/mol. The van der Waals surface area contributed by atoms with Crippen LogP contribution in [0, 0.1) is 15.5 Å². The number of nitro benzene ring substituents is 1. The number of nitrogens with one attached hydrogen (secondary N) is 1. The van der Waals surface area contributed by atoms with E-state index in [-0.39, 0.29) is 10.7 Å². The van der Waals surface area contributed by atoms with Crippen LogP contribution in [0.15, 0.2) is 18.2 Å². The summed E-state index contributed by atoms with van der Waals surface area (Å²) in [7, 11) is 0. The number of hydrogen-bond donors (Lipinski definition) is 1. The van der Waals surface area contributed by atoms with Crippen molar-refractivity contribution in [2.24, 2.45) is 5.41 Å². The van der Waals surface area contributed by atoms with Crippen LogP contribution in [-0.2, 0) is 0 Å². The molecule has 1 spiro atoms. The Morgan fingerprint density at radius 2 is 1.86 bits per heavy atom. The molecule has 2 aliphatic rings. The average Bonchev–Trinajstić information content (AvgIpc) is 2.92. The van der Waals surface area contributed by atoms with E-state index in [0.717, 1.165) is 18.5 Å². The van der Waals surface area contributed by atoms with Gasteiger partial charge in [-0.3, -0.25) is 10.1 Å². The zero-order valence-corrected chi connectivity index (χ0v) is 12.9. The second kappa shape index (κ2) is 5.84. The Balaban J connectivity index is 1.63. The fourth-order valence-electron chi connectivity index (χ4n) is 3.98. The molecule has 21 heavy (non-hydrogen) atoms. The van der Waals surface area contributed by atoms with Crippen LogP contribution < -0.4 is 5.32 Å². The van der Waals surface area contributed by atoms with E-state index in [1.807, 2.05) is 6.07 Å². The molecule has 0 radical (unpaired) electrons. The van der Waals surface area contributed by atoms with Gasteiger partial charge in [0.2, 0.25) is 0 Å². The summed E-state index contributed by atoms with van der Waals surface area (Å²) in [6.45, 7) is 0. The highest BCUT2D eigenvalue weighted by Crippen LogP contribution is 2.49. The van der Waals surface area contributed by atoms with E-state index in [1.165, 1.54) is 38.5 Å². The van der Waals surface area contributed by atoms with Crippen molar-refractivity contribution >= 4 is 23.0 Å². The lowest BCUT2D eigenvalue weighted by molar-refractivity contribution is -0.384. The number of hydrogen-bond acceptors (Lipinski definition) is 3. The Labute approximate surface area is 130 Å². The van der Waals surface area contributed by atoms with Crippen LogP contribution in [0.4, 0.5) is 11.4 Å². The van der Waals surface area contributed by atoms with Crippen LogP contribution >= 0.6 is 11.6 Å². The molecular weight excluding hydrogens is 288 g/mol. The summed E-state index contributed by atoms with van der Waals surface area (Å²) in [5, 5.41) is 14.6. The topological polar surface area (TPSA) is 55.2 Å². The third-order valence-electron chi connectivity index (χ3n) is 5.22. The molecule has 1 aromatic rings. The zero-order valence-electron chi connectivity index (χ0n) is 12.1. The van der Waals surface area contributed by atoms with Gasteiger partial charge in [0.15, 0.2) is 0 Å². The SMILES string of the molecule is O=[N+]([O-])c1cc(NC2CCC3(CCCC3)CC2)ccc1Cl. The molecule has 0 atom stereocenters. The number of benzene rings is 1. The second-order valence-corrected chi connectivity index (χ2v) is 6.96. The summed E-state index contributed by atoms with van der Waals surface area (Å²) in [4.78, 5) is 10.5. The summed E-state index contributed by atoms with van der Waals surface area (Å²) in [5.41, 5.74) is 1.40. The maximum absolute atomic E-state index is 10.9. The summed E-state index contributed by atoms with van der Waals surface area (Å²) in [6.07, 6.45) is 10.5. The van der Waals surface area contributed by atoms with Gasteiger partial charge < -0.3 is 5.32 Å². The molecule has 0 aliphatic heterocycles. The van der Waals surface area contributed by atoms with Gasteiger partial charge in [0.25, 0.3) is 5.69 Å². The van der Waals surface area contributed by atoms with Gasteiger partial charge in [0.05, 0.1) is 4.92 Å². The van der Waals surface area contributed by atoms with Crippen LogP contribution in [0.2, 0.25) is 5.02 Å². The summed E-state index contributed by atoms with van der Waals surface area (Å²) in [5.74, 6) is 0. The molecule has 0 heterocycles. The first-order valence-corrected chi connectivity index (χ1v) is 8.16. The van der Waals surface area contributed by atoms with E-state index in [1.54, 1.807) is 12.1 Å². The molecule has 114 valence electrons. The minimum Gasteiger partial charge on any atom is -0.382 e. The van der Waals surface area contributed by atoms with Gasteiger partial charge >= 0.3 is 0 Å². The molecule has 2 fully saturated rings. The summed E-state index contributed by atoms with van der Waals surface area (Å²) < 4.78 is 0. The number of nitro groups is 1. The van der Waals surface area contributed by atoms with Gasteiger partial charge in [-0.1, -0.05) is 24.4 Å². The minimum absolute atomic E-state index is 0.0234. The van der Waals surface area contributed by atoms with Crippen molar-refractivity contribution in [2.75, 3.05) is 5.32 Å².